The number of rotatable bonds is 2. The molecule has 0 spiro atoms. The fraction of sp³-hybridized carbons (Fsp3) is 0.333. The standard InChI is InChI=1S/C8H9N3O2.CH2O3/c12-7-3-5(4-9-11-7)8(13)10-6-1-2-6;2-1(3)4/h3-4,6H,1-2H2,(H,10,13)(H,11,12);(H2,2,3,4). The number of aromatic nitrogens is 2. The van der Waals surface area contributed by atoms with E-state index in [1.54, 1.807) is 0 Å². The molecule has 8 heteroatoms. The third kappa shape index (κ3) is 5.30. The minimum Gasteiger partial charge on any atom is -0.450 e. The zero-order valence-electron chi connectivity index (χ0n) is 8.71. The van der Waals surface area contributed by atoms with E-state index in [1.807, 2.05) is 0 Å². The Morgan fingerprint density at radius 3 is 2.47 bits per heavy atom. The molecule has 4 N–H and O–H groups in total. The summed E-state index contributed by atoms with van der Waals surface area (Å²) in [7, 11) is 0. The summed E-state index contributed by atoms with van der Waals surface area (Å²) in [5.74, 6) is -0.221. The summed E-state index contributed by atoms with van der Waals surface area (Å²) in [5.41, 5.74) is -0.0425. The normalized spacial score (nSPS) is 13.2. The number of H-pyrrole nitrogens is 1. The zero-order valence-corrected chi connectivity index (χ0v) is 8.71. The zero-order chi connectivity index (χ0) is 12.8. The third-order valence-corrected chi connectivity index (χ3v) is 1.84. The lowest BCUT2D eigenvalue weighted by Crippen LogP contribution is -2.26. The Bertz CT molecular complexity index is 462. The molecule has 0 radical (unpaired) electrons. The van der Waals surface area contributed by atoms with E-state index in [1.165, 1.54) is 12.3 Å². The Morgan fingerprint density at radius 1 is 1.41 bits per heavy atom. The summed E-state index contributed by atoms with van der Waals surface area (Å²) in [6.07, 6.45) is 1.57. The monoisotopic (exact) mass is 241 g/mol. The van der Waals surface area contributed by atoms with Gasteiger partial charge in [0.05, 0.1) is 11.8 Å². The molecular weight excluding hydrogens is 230 g/mol. The van der Waals surface area contributed by atoms with Crippen LogP contribution in [0.15, 0.2) is 17.1 Å². The minimum atomic E-state index is -1.83. The lowest BCUT2D eigenvalue weighted by Gasteiger charge is -2.00. The van der Waals surface area contributed by atoms with E-state index in [-0.39, 0.29) is 11.5 Å². The van der Waals surface area contributed by atoms with Crippen LogP contribution in [0.2, 0.25) is 0 Å². The first-order valence-electron chi connectivity index (χ1n) is 4.76. The number of amides is 1. The summed E-state index contributed by atoms with van der Waals surface area (Å²) in [4.78, 5) is 30.7. The van der Waals surface area contributed by atoms with Gasteiger partial charge in [-0.2, -0.15) is 5.10 Å². The predicted molar refractivity (Wildman–Crippen MR) is 56.0 cm³/mol. The molecule has 0 aliphatic heterocycles. The maximum Gasteiger partial charge on any atom is 0.503 e. The van der Waals surface area contributed by atoms with E-state index >= 15 is 0 Å². The highest BCUT2D eigenvalue weighted by Crippen LogP contribution is 2.18. The molecule has 1 aromatic heterocycles. The highest BCUT2D eigenvalue weighted by atomic mass is 16.6. The van der Waals surface area contributed by atoms with Gasteiger partial charge in [0.1, 0.15) is 0 Å². The maximum absolute atomic E-state index is 11.3. The lowest BCUT2D eigenvalue weighted by molar-refractivity contribution is 0.0950. The third-order valence-electron chi connectivity index (χ3n) is 1.84. The summed E-state index contributed by atoms with van der Waals surface area (Å²) >= 11 is 0. The second kappa shape index (κ2) is 5.64. The van der Waals surface area contributed by atoms with Crippen molar-refractivity contribution in [3.05, 3.63) is 28.2 Å². The fourth-order valence-electron chi connectivity index (χ4n) is 0.997. The van der Waals surface area contributed by atoms with E-state index in [9.17, 15) is 9.59 Å². The second-order valence-corrected chi connectivity index (χ2v) is 3.36. The van der Waals surface area contributed by atoms with E-state index in [0.29, 0.717) is 11.6 Å². The molecule has 0 bridgehead atoms. The average molecular weight is 241 g/mol. The molecule has 1 fully saturated rings. The van der Waals surface area contributed by atoms with Crippen LogP contribution >= 0.6 is 0 Å². The topological polar surface area (TPSA) is 132 Å². The van der Waals surface area contributed by atoms with Gasteiger partial charge in [0.2, 0.25) is 0 Å². The number of carbonyl (C=O) groups excluding carboxylic acids is 1. The van der Waals surface area contributed by atoms with Gasteiger partial charge in [-0.15, -0.1) is 0 Å². The van der Waals surface area contributed by atoms with Crippen molar-refractivity contribution < 1.29 is 19.8 Å². The molecule has 1 aliphatic carbocycles. The first-order valence-corrected chi connectivity index (χ1v) is 4.76. The largest absolute Gasteiger partial charge is 0.503 e. The molecule has 17 heavy (non-hydrogen) atoms. The fourth-order valence-corrected chi connectivity index (χ4v) is 0.997. The molecule has 1 aromatic rings. The second-order valence-electron chi connectivity index (χ2n) is 3.36. The van der Waals surface area contributed by atoms with E-state index in [4.69, 9.17) is 15.0 Å². The van der Waals surface area contributed by atoms with Crippen molar-refractivity contribution in [3.63, 3.8) is 0 Å². The average Bonchev–Trinajstić information content (AvgIpc) is 3.00. The van der Waals surface area contributed by atoms with Gasteiger partial charge in [0.15, 0.2) is 0 Å². The predicted octanol–water partition coefficient (Wildman–Crippen LogP) is -0.116. The molecule has 92 valence electrons. The van der Waals surface area contributed by atoms with Crippen LogP contribution in [0.5, 0.6) is 0 Å². The highest BCUT2D eigenvalue weighted by molar-refractivity contribution is 5.94. The first-order chi connectivity index (χ1) is 7.99. The Balaban J connectivity index is 0.000000317. The lowest BCUT2D eigenvalue weighted by atomic mass is 10.3. The number of hydrogen-bond donors (Lipinski definition) is 4. The van der Waals surface area contributed by atoms with Gasteiger partial charge in [0.25, 0.3) is 11.5 Å². The molecule has 1 amide bonds. The van der Waals surface area contributed by atoms with Crippen LogP contribution in [0.1, 0.15) is 23.2 Å². The summed E-state index contributed by atoms with van der Waals surface area (Å²) in [5, 5.41) is 22.5. The van der Waals surface area contributed by atoms with Gasteiger partial charge in [-0.05, 0) is 12.8 Å². The highest BCUT2D eigenvalue weighted by Gasteiger charge is 2.23. The maximum atomic E-state index is 11.3. The summed E-state index contributed by atoms with van der Waals surface area (Å²) in [6.45, 7) is 0. The number of carboxylic acid groups (broad SMARTS) is 2. The van der Waals surface area contributed by atoms with E-state index in [2.05, 4.69) is 15.5 Å². The number of nitrogens with zero attached hydrogens (tertiary/aromatic N) is 1. The van der Waals surface area contributed by atoms with Gasteiger partial charge in [-0.3, -0.25) is 9.59 Å². The summed E-state index contributed by atoms with van der Waals surface area (Å²) in [6, 6.07) is 1.54. The van der Waals surface area contributed by atoms with Crippen molar-refractivity contribution in [1.29, 1.82) is 0 Å². The van der Waals surface area contributed by atoms with Crippen molar-refractivity contribution >= 4 is 12.1 Å². The van der Waals surface area contributed by atoms with Gasteiger partial charge < -0.3 is 15.5 Å². The van der Waals surface area contributed by atoms with Crippen molar-refractivity contribution in [2.24, 2.45) is 0 Å². The van der Waals surface area contributed by atoms with Crippen molar-refractivity contribution in [2.45, 2.75) is 18.9 Å². The first kappa shape index (κ1) is 12.7. The molecule has 0 saturated heterocycles. The molecule has 1 aliphatic rings. The van der Waals surface area contributed by atoms with Crippen LogP contribution in [0.25, 0.3) is 0 Å². The SMILES string of the molecule is O=C(NC1CC1)c1cn[nH]c(=O)c1.O=C(O)O. The van der Waals surface area contributed by atoms with Crippen LogP contribution in [0.3, 0.4) is 0 Å². The Kier molecular flexibility index (Phi) is 4.21. The number of hydrogen-bond acceptors (Lipinski definition) is 4. The van der Waals surface area contributed by atoms with E-state index < -0.39 is 6.16 Å². The van der Waals surface area contributed by atoms with Crippen molar-refractivity contribution in [1.82, 2.24) is 15.5 Å². The van der Waals surface area contributed by atoms with Crippen molar-refractivity contribution in [3.8, 4) is 0 Å². The smallest absolute Gasteiger partial charge is 0.450 e. The molecular formula is C9H11N3O5. The number of carbonyl (C=O) groups is 2. The van der Waals surface area contributed by atoms with Gasteiger partial charge in [-0.25, -0.2) is 9.89 Å². The molecule has 2 rings (SSSR count). The molecule has 1 heterocycles. The van der Waals surface area contributed by atoms with Crippen LogP contribution in [0.4, 0.5) is 4.79 Å². The Morgan fingerprint density at radius 2 is 2.00 bits per heavy atom. The Labute approximate surface area is 95.3 Å². The van der Waals surface area contributed by atoms with E-state index in [0.717, 1.165) is 12.8 Å². The van der Waals surface area contributed by atoms with Crippen LogP contribution < -0.4 is 10.9 Å². The minimum absolute atomic E-state index is 0.221. The molecule has 0 unspecified atom stereocenters. The molecule has 8 nitrogen and oxygen atoms in total. The van der Waals surface area contributed by atoms with Crippen molar-refractivity contribution in [2.75, 3.05) is 0 Å². The van der Waals surface area contributed by atoms with Crippen LogP contribution in [-0.2, 0) is 0 Å². The number of nitrogens with one attached hydrogen (secondary N) is 2. The van der Waals surface area contributed by atoms with Gasteiger partial charge in [-0.1, -0.05) is 0 Å². The quantitative estimate of drug-likeness (QED) is 0.570. The number of aromatic amines is 1. The molecule has 0 atom stereocenters. The summed E-state index contributed by atoms with van der Waals surface area (Å²) < 4.78 is 0. The van der Waals surface area contributed by atoms with Crippen LogP contribution in [-0.4, -0.2) is 38.5 Å². The van der Waals surface area contributed by atoms with Gasteiger partial charge in [0, 0.05) is 12.1 Å². The molecule has 1 saturated carbocycles. The van der Waals surface area contributed by atoms with Gasteiger partial charge >= 0.3 is 6.16 Å². The Hall–Kier alpha value is -2.38. The van der Waals surface area contributed by atoms with Crippen LogP contribution in [0, 0.1) is 0 Å². The molecule has 0 aromatic carbocycles.